The molecular weight excluding hydrogens is 404 g/mol. The smallest absolute Gasteiger partial charge is 0.161 e. The van der Waals surface area contributed by atoms with Crippen LogP contribution in [0.5, 0.6) is 11.5 Å². The predicted molar refractivity (Wildman–Crippen MR) is 142 cm³/mol. The van der Waals surface area contributed by atoms with Crippen molar-refractivity contribution in [3.05, 3.63) is 71.8 Å². The Bertz CT molecular complexity index is 1270. The van der Waals surface area contributed by atoms with Crippen molar-refractivity contribution in [3.8, 4) is 22.6 Å². The van der Waals surface area contributed by atoms with Gasteiger partial charge in [-0.15, -0.1) is 0 Å². The Labute approximate surface area is 198 Å². The Morgan fingerprint density at radius 3 is 2.09 bits per heavy atom. The molecule has 4 rings (SSSR count). The molecule has 2 heteroatoms. The van der Waals surface area contributed by atoms with E-state index in [0.717, 1.165) is 23.5 Å². The molecule has 0 bridgehead atoms. The van der Waals surface area contributed by atoms with E-state index in [1.807, 2.05) is 0 Å². The molecule has 4 aromatic rings. The molecule has 0 aliphatic rings. The van der Waals surface area contributed by atoms with Crippen LogP contribution in [0.4, 0.5) is 0 Å². The zero-order valence-electron chi connectivity index (χ0n) is 20.9. The van der Waals surface area contributed by atoms with Crippen molar-refractivity contribution >= 4 is 21.5 Å². The third-order valence-corrected chi connectivity index (χ3v) is 6.31. The molecule has 2 nitrogen and oxygen atoms in total. The van der Waals surface area contributed by atoms with Gasteiger partial charge in [-0.25, -0.2) is 0 Å². The Morgan fingerprint density at radius 2 is 1.36 bits per heavy atom. The van der Waals surface area contributed by atoms with Crippen LogP contribution in [-0.4, -0.2) is 13.2 Å². The first-order chi connectivity index (χ1) is 15.9. The fourth-order valence-corrected chi connectivity index (χ4v) is 4.13. The highest BCUT2D eigenvalue weighted by atomic mass is 16.5. The van der Waals surface area contributed by atoms with E-state index in [2.05, 4.69) is 102 Å². The molecule has 0 aliphatic heterocycles. The van der Waals surface area contributed by atoms with Crippen molar-refractivity contribution in [3.63, 3.8) is 0 Å². The van der Waals surface area contributed by atoms with Gasteiger partial charge in [0.05, 0.1) is 13.2 Å². The summed E-state index contributed by atoms with van der Waals surface area (Å²) in [6.07, 6.45) is 1.10. The maximum absolute atomic E-state index is 6.24. The minimum atomic E-state index is 0.448. The highest BCUT2D eigenvalue weighted by Crippen LogP contribution is 2.39. The molecule has 0 N–H and O–H groups in total. The van der Waals surface area contributed by atoms with Gasteiger partial charge in [0.25, 0.3) is 0 Å². The van der Waals surface area contributed by atoms with Gasteiger partial charge in [0, 0.05) is 0 Å². The number of benzene rings is 4. The molecule has 0 radical (unpaired) electrons. The molecule has 0 amide bonds. The molecular formula is C31H36O2. The number of fused-ring (bicyclic) bond motifs is 3. The topological polar surface area (TPSA) is 18.5 Å². The van der Waals surface area contributed by atoms with Crippen LogP contribution in [0.25, 0.3) is 32.7 Å². The quantitative estimate of drug-likeness (QED) is 0.255. The van der Waals surface area contributed by atoms with Crippen LogP contribution in [0.3, 0.4) is 0 Å². The number of aryl methyl sites for hydroxylation is 2. The monoisotopic (exact) mass is 440 g/mol. The van der Waals surface area contributed by atoms with Gasteiger partial charge < -0.3 is 9.47 Å². The third kappa shape index (κ3) is 5.16. The maximum Gasteiger partial charge on any atom is 0.161 e. The van der Waals surface area contributed by atoms with Crippen LogP contribution in [-0.2, 0) is 0 Å². The van der Waals surface area contributed by atoms with Gasteiger partial charge in [0.2, 0.25) is 0 Å². The van der Waals surface area contributed by atoms with Crippen LogP contribution in [0.15, 0.2) is 60.7 Å². The van der Waals surface area contributed by atoms with Gasteiger partial charge in [0.1, 0.15) is 0 Å². The van der Waals surface area contributed by atoms with Gasteiger partial charge >= 0.3 is 0 Å². The summed E-state index contributed by atoms with van der Waals surface area (Å²) in [7, 11) is 0. The second-order valence-electron chi connectivity index (χ2n) is 9.89. The molecule has 0 saturated carbocycles. The van der Waals surface area contributed by atoms with Crippen molar-refractivity contribution in [2.24, 2.45) is 11.8 Å². The number of rotatable bonds is 8. The lowest BCUT2D eigenvalue weighted by atomic mass is 9.91. The molecule has 172 valence electrons. The van der Waals surface area contributed by atoms with Gasteiger partial charge in [-0.3, -0.25) is 0 Å². The Morgan fingerprint density at radius 1 is 0.667 bits per heavy atom. The molecule has 33 heavy (non-hydrogen) atoms. The molecule has 0 fully saturated rings. The fourth-order valence-electron chi connectivity index (χ4n) is 4.13. The van der Waals surface area contributed by atoms with E-state index < -0.39 is 0 Å². The normalized spacial score (nSPS) is 12.5. The molecule has 4 aromatic carbocycles. The summed E-state index contributed by atoms with van der Waals surface area (Å²) in [6.45, 7) is 14.4. The van der Waals surface area contributed by atoms with Crippen LogP contribution in [0, 0.1) is 25.7 Å². The molecule has 0 heterocycles. The Hall–Kier alpha value is -3.00. The maximum atomic E-state index is 6.24. The number of hydrogen-bond donors (Lipinski definition) is 0. The summed E-state index contributed by atoms with van der Waals surface area (Å²) in [5.74, 6) is 2.62. The number of ether oxygens (including phenoxy) is 2. The summed E-state index contributed by atoms with van der Waals surface area (Å²) < 4.78 is 12.4. The third-order valence-electron chi connectivity index (χ3n) is 6.31. The van der Waals surface area contributed by atoms with Gasteiger partial charge in [-0.05, 0) is 76.6 Å². The zero-order valence-corrected chi connectivity index (χ0v) is 20.9. The summed E-state index contributed by atoms with van der Waals surface area (Å²) in [5.41, 5.74) is 4.94. The molecule has 0 aliphatic carbocycles. The van der Waals surface area contributed by atoms with E-state index in [9.17, 15) is 0 Å². The minimum absolute atomic E-state index is 0.448. The minimum Gasteiger partial charge on any atom is -0.489 e. The van der Waals surface area contributed by atoms with Crippen LogP contribution in [0.2, 0.25) is 0 Å². The average molecular weight is 441 g/mol. The van der Waals surface area contributed by atoms with Gasteiger partial charge in [0.15, 0.2) is 11.5 Å². The van der Waals surface area contributed by atoms with Crippen molar-refractivity contribution in [2.45, 2.75) is 48.0 Å². The lowest BCUT2D eigenvalue weighted by Crippen LogP contribution is -2.10. The van der Waals surface area contributed by atoms with Gasteiger partial charge in [-0.1, -0.05) is 87.7 Å². The largest absolute Gasteiger partial charge is 0.489 e. The molecule has 1 atom stereocenters. The van der Waals surface area contributed by atoms with Crippen LogP contribution in [0.1, 0.15) is 45.2 Å². The summed E-state index contributed by atoms with van der Waals surface area (Å²) in [4.78, 5) is 0. The van der Waals surface area contributed by atoms with E-state index in [4.69, 9.17) is 9.47 Å². The van der Waals surface area contributed by atoms with E-state index in [-0.39, 0.29) is 0 Å². The van der Waals surface area contributed by atoms with Crippen LogP contribution < -0.4 is 9.47 Å². The van der Waals surface area contributed by atoms with E-state index in [0.29, 0.717) is 25.0 Å². The highest BCUT2D eigenvalue weighted by Gasteiger charge is 2.14. The average Bonchev–Trinajstić information content (AvgIpc) is 2.81. The van der Waals surface area contributed by atoms with Crippen molar-refractivity contribution in [1.82, 2.24) is 0 Å². The fraction of sp³-hybridized carbons (Fsp3) is 0.355. The lowest BCUT2D eigenvalue weighted by Gasteiger charge is -2.18. The standard InChI is InChI=1S/C31H36O2/c1-7-21(4)19-33-30-13-11-25(17-31(30)32-18-20(2)3)28-16-24-10-8-22(5)14-27(24)29-15-23(6)9-12-26(28)29/h8-17,20-21H,7,18-19H2,1-6H3. The second-order valence-corrected chi connectivity index (χ2v) is 9.89. The summed E-state index contributed by atoms with van der Waals surface area (Å²) in [5, 5.41) is 5.13. The van der Waals surface area contributed by atoms with Crippen molar-refractivity contribution in [2.75, 3.05) is 13.2 Å². The molecule has 1 unspecified atom stereocenters. The molecule has 0 saturated heterocycles. The highest BCUT2D eigenvalue weighted by molar-refractivity contribution is 6.14. The zero-order chi connectivity index (χ0) is 23.5. The first-order valence-corrected chi connectivity index (χ1v) is 12.2. The van der Waals surface area contributed by atoms with Crippen molar-refractivity contribution < 1.29 is 9.47 Å². The SMILES string of the molecule is CCC(C)COc1ccc(-c2cc3ccc(C)cc3c3cc(C)ccc23)cc1OCC(C)C. The Balaban J connectivity index is 1.85. The van der Waals surface area contributed by atoms with E-state index in [1.165, 1.54) is 38.2 Å². The number of hydrogen-bond acceptors (Lipinski definition) is 2. The lowest BCUT2D eigenvalue weighted by molar-refractivity contribution is 0.223. The van der Waals surface area contributed by atoms with Gasteiger partial charge in [-0.2, -0.15) is 0 Å². The summed E-state index contributed by atoms with van der Waals surface area (Å²) in [6, 6.07) is 22.2. The predicted octanol–water partition coefficient (Wildman–Crippen LogP) is 8.74. The van der Waals surface area contributed by atoms with E-state index >= 15 is 0 Å². The molecule has 0 spiro atoms. The van der Waals surface area contributed by atoms with Crippen molar-refractivity contribution in [1.29, 1.82) is 0 Å². The first-order valence-electron chi connectivity index (χ1n) is 12.2. The Kier molecular flexibility index (Phi) is 6.93. The first kappa shape index (κ1) is 23.2. The second kappa shape index (κ2) is 9.87. The van der Waals surface area contributed by atoms with E-state index in [1.54, 1.807) is 0 Å². The summed E-state index contributed by atoms with van der Waals surface area (Å²) >= 11 is 0. The molecule has 0 aromatic heterocycles. The van der Waals surface area contributed by atoms with Crippen LogP contribution >= 0.6 is 0 Å².